The maximum Gasteiger partial charge on any atom is 0.303 e. The lowest BCUT2D eigenvalue weighted by atomic mass is 9.68. The first-order valence-electron chi connectivity index (χ1n) is 7.64. The van der Waals surface area contributed by atoms with Gasteiger partial charge in [0.25, 0.3) is 0 Å². The Morgan fingerprint density at radius 1 is 1.00 bits per heavy atom. The molecule has 2 rings (SSSR count). The van der Waals surface area contributed by atoms with E-state index < -0.39 is 5.97 Å². The average molecular weight is 253 g/mol. The normalized spacial score (nSPS) is 22.9. The smallest absolute Gasteiger partial charge is 0.303 e. The van der Waals surface area contributed by atoms with Crippen molar-refractivity contribution in [1.29, 1.82) is 0 Å². The van der Waals surface area contributed by atoms with Gasteiger partial charge in [0, 0.05) is 19.5 Å². The molecule has 1 aliphatic carbocycles. The minimum Gasteiger partial charge on any atom is -0.481 e. The lowest BCUT2D eigenvalue weighted by molar-refractivity contribution is -0.137. The van der Waals surface area contributed by atoms with Gasteiger partial charge in [-0.3, -0.25) is 4.79 Å². The standard InChI is InChI=1S/C15H27NO2/c17-14(18)8-4-1-2-7-11-16-12-15(13-16)9-5-3-6-10-15/h1-13H2,(H,17,18). The summed E-state index contributed by atoms with van der Waals surface area (Å²) in [7, 11) is 0. The predicted octanol–water partition coefficient (Wildman–Crippen LogP) is 3.29. The second kappa shape index (κ2) is 6.55. The van der Waals surface area contributed by atoms with Crippen LogP contribution in [0.15, 0.2) is 0 Å². The summed E-state index contributed by atoms with van der Waals surface area (Å²) in [5, 5.41) is 8.54. The third-order valence-electron chi connectivity index (χ3n) is 4.65. The van der Waals surface area contributed by atoms with Crippen LogP contribution in [0.3, 0.4) is 0 Å². The fraction of sp³-hybridized carbons (Fsp3) is 0.933. The molecule has 0 bridgehead atoms. The number of aliphatic carboxylic acids is 1. The third-order valence-corrected chi connectivity index (χ3v) is 4.65. The zero-order valence-electron chi connectivity index (χ0n) is 11.5. The van der Waals surface area contributed by atoms with Crippen molar-refractivity contribution in [3.05, 3.63) is 0 Å². The summed E-state index contributed by atoms with van der Waals surface area (Å²) in [6.07, 6.45) is 12.0. The highest BCUT2D eigenvalue weighted by molar-refractivity contribution is 5.66. The molecule has 3 nitrogen and oxygen atoms in total. The van der Waals surface area contributed by atoms with Crippen LogP contribution in [0, 0.1) is 5.41 Å². The van der Waals surface area contributed by atoms with E-state index in [1.807, 2.05) is 0 Å². The van der Waals surface area contributed by atoms with Crippen molar-refractivity contribution < 1.29 is 9.90 Å². The molecule has 2 aliphatic rings. The number of nitrogens with zero attached hydrogens (tertiary/aromatic N) is 1. The Bertz CT molecular complexity index is 264. The van der Waals surface area contributed by atoms with Gasteiger partial charge in [-0.1, -0.05) is 32.1 Å². The van der Waals surface area contributed by atoms with Crippen LogP contribution in [0.2, 0.25) is 0 Å². The lowest BCUT2D eigenvalue weighted by Crippen LogP contribution is -2.57. The van der Waals surface area contributed by atoms with Gasteiger partial charge < -0.3 is 10.0 Å². The van der Waals surface area contributed by atoms with Crippen LogP contribution >= 0.6 is 0 Å². The Kier molecular flexibility index (Phi) is 5.04. The maximum atomic E-state index is 10.4. The second-order valence-electron chi connectivity index (χ2n) is 6.33. The van der Waals surface area contributed by atoms with Gasteiger partial charge in [-0.15, -0.1) is 0 Å². The van der Waals surface area contributed by atoms with Gasteiger partial charge in [0.1, 0.15) is 0 Å². The van der Waals surface area contributed by atoms with Crippen molar-refractivity contribution in [3.63, 3.8) is 0 Å². The van der Waals surface area contributed by atoms with Gasteiger partial charge in [0.15, 0.2) is 0 Å². The molecular formula is C15H27NO2. The topological polar surface area (TPSA) is 40.5 Å². The maximum absolute atomic E-state index is 10.4. The van der Waals surface area contributed by atoms with Crippen molar-refractivity contribution in [2.24, 2.45) is 5.41 Å². The van der Waals surface area contributed by atoms with Crippen molar-refractivity contribution >= 4 is 5.97 Å². The van der Waals surface area contributed by atoms with Crippen molar-refractivity contribution in [2.45, 2.75) is 64.2 Å². The Morgan fingerprint density at radius 3 is 2.33 bits per heavy atom. The van der Waals surface area contributed by atoms with E-state index in [9.17, 15) is 4.79 Å². The first kappa shape index (κ1) is 13.9. The van der Waals surface area contributed by atoms with Crippen molar-refractivity contribution in [2.75, 3.05) is 19.6 Å². The molecular weight excluding hydrogens is 226 g/mol. The fourth-order valence-corrected chi connectivity index (χ4v) is 3.64. The van der Waals surface area contributed by atoms with E-state index in [4.69, 9.17) is 5.11 Å². The third kappa shape index (κ3) is 3.98. The molecule has 104 valence electrons. The molecule has 1 aliphatic heterocycles. The van der Waals surface area contributed by atoms with Crippen LogP contribution in [0.5, 0.6) is 0 Å². The summed E-state index contributed by atoms with van der Waals surface area (Å²) in [5.74, 6) is -0.656. The molecule has 0 unspecified atom stereocenters. The van der Waals surface area contributed by atoms with E-state index in [-0.39, 0.29) is 0 Å². The number of carboxylic acids is 1. The summed E-state index contributed by atoms with van der Waals surface area (Å²) in [4.78, 5) is 13.0. The first-order chi connectivity index (χ1) is 8.70. The number of rotatable bonds is 7. The Labute approximate surface area is 111 Å². The Hall–Kier alpha value is -0.570. The van der Waals surface area contributed by atoms with E-state index in [0.717, 1.165) is 12.8 Å². The molecule has 0 radical (unpaired) electrons. The number of carboxylic acid groups (broad SMARTS) is 1. The zero-order chi connectivity index (χ0) is 12.8. The second-order valence-corrected chi connectivity index (χ2v) is 6.33. The molecule has 0 aromatic rings. The lowest BCUT2D eigenvalue weighted by Gasteiger charge is -2.52. The molecule has 0 atom stereocenters. The van der Waals surface area contributed by atoms with Crippen LogP contribution in [-0.2, 0) is 4.79 Å². The monoisotopic (exact) mass is 253 g/mol. The molecule has 0 aromatic carbocycles. The SMILES string of the molecule is O=C(O)CCCCCCN1CC2(CCCCC2)C1. The summed E-state index contributed by atoms with van der Waals surface area (Å²) in [6, 6.07) is 0. The molecule has 1 saturated carbocycles. The summed E-state index contributed by atoms with van der Waals surface area (Å²) < 4.78 is 0. The van der Waals surface area contributed by atoms with Crippen LogP contribution in [0.4, 0.5) is 0 Å². The van der Waals surface area contributed by atoms with Gasteiger partial charge in [-0.05, 0) is 37.6 Å². The molecule has 2 fully saturated rings. The van der Waals surface area contributed by atoms with E-state index in [0.29, 0.717) is 11.8 Å². The molecule has 1 spiro atoms. The molecule has 18 heavy (non-hydrogen) atoms. The number of unbranched alkanes of at least 4 members (excludes halogenated alkanes) is 3. The van der Waals surface area contributed by atoms with Crippen molar-refractivity contribution in [1.82, 2.24) is 4.90 Å². The number of likely N-dealkylation sites (tertiary alicyclic amines) is 1. The minimum atomic E-state index is -0.656. The average Bonchev–Trinajstić information content (AvgIpc) is 2.32. The number of hydrogen-bond acceptors (Lipinski definition) is 2. The van der Waals surface area contributed by atoms with Crippen molar-refractivity contribution in [3.8, 4) is 0 Å². The van der Waals surface area contributed by atoms with E-state index in [2.05, 4.69) is 4.90 Å². The number of hydrogen-bond donors (Lipinski definition) is 1. The summed E-state index contributed by atoms with van der Waals surface area (Å²) in [5.41, 5.74) is 0.710. The molecule has 0 aromatic heterocycles. The highest BCUT2D eigenvalue weighted by atomic mass is 16.4. The van der Waals surface area contributed by atoms with Gasteiger partial charge >= 0.3 is 5.97 Å². The highest BCUT2D eigenvalue weighted by Gasteiger charge is 2.42. The van der Waals surface area contributed by atoms with Crippen LogP contribution in [0.1, 0.15) is 64.2 Å². The largest absolute Gasteiger partial charge is 0.481 e. The van der Waals surface area contributed by atoms with Gasteiger partial charge in [-0.25, -0.2) is 0 Å². The van der Waals surface area contributed by atoms with Crippen LogP contribution in [0.25, 0.3) is 0 Å². The Balaban J connectivity index is 1.46. The van der Waals surface area contributed by atoms with Gasteiger partial charge in [0.05, 0.1) is 0 Å². The van der Waals surface area contributed by atoms with E-state index >= 15 is 0 Å². The molecule has 1 N–H and O–H groups in total. The highest BCUT2D eigenvalue weighted by Crippen LogP contribution is 2.43. The summed E-state index contributed by atoms with van der Waals surface area (Å²) in [6.45, 7) is 3.90. The molecule has 3 heteroatoms. The molecule has 1 saturated heterocycles. The first-order valence-corrected chi connectivity index (χ1v) is 7.64. The van der Waals surface area contributed by atoms with Crippen LogP contribution in [-0.4, -0.2) is 35.6 Å². The van der Waals surface area contributed by atoms with Gasteiger partial charge in [0.2, 0.25) is 0 Å². The fourth-order valence-electron chi connectivity index (χ4n) is 3.64. The molecule has 0 amide bonds. The van der Waals surface area contributed by atoms with E-state index in [1.165, 1.54) is 64.6 Å². The quantitative estimate of drug-likeness (QED) is 0.708. The minimum absolute atomic E-state index is 0.340. The van der Waals surface area contributed by atoms with E-state index in [1.54, 1.807) is 0 Å². The van der Waals surface area contributed by atoms with Crippen LogP contribution < -0.4 is 0 Å². The van der Waals surface area contributed by atoms with Gasteiger partial charge in [-0.2, -0.15) is 0 Å². The predicted molar refractivity (Wildman–Crippen MR) is 72.7 cm³/mol. The summed E-state index contributed by atoms with van der Waals surface area (Å²) >= 11 is 0. The number of carbonyl (C=O) groups is 1. The zero-order valence-corrected chi connectivity index (χ0v) is 11.5. The Morgan fingerprint density at radius 2 is 1.67 bits per heavy atom. The molecule has 1 heterocycles.